The van der Waals surface area contributed by atoms with Gasteiger partial charge in [-0.25, -0.2) is 4.98 Å². The lowest BCUT2D eigenvalue weighted by Crippen LogP contribution is -2.14. The number of hydrogen-bond donors (Lipinski definition) is 3. The van der Waals surface area contributed by atoms with E-state index < -0.39 is 0 Å². The normalized spacial score (nSPS) is 11.2. The predicted octanol–water partition coefficient (Wildman–Crippen LogP) is 3.79. The molecule has 120 valence electrons. The van der Waals surface area contributed by atoms with Gasteiger partial charge in [-0.1, -0.05) is 25.1 Å². The number of H-pyrrole nitrogens is 2. The van der Waals surface area contributed by atoms with Crippen LogP contribution in [0.2, 0.25) is 0 Å². The van der Waals surface area contributed by atoms with Crippen molar-refractivity contribution in [2.45, 2.75) is 19.8 Å². The number of rotatable bonds is 4. The van der Waals surface area contributed by atoms with Gasteiger partial charge in [0.1, 0.15) is 5.82 Å². The van der Waals surface area contributed by atoms with E-state index in [4.69, 9.17) is 0 Å². The fourth-order valence-electron chi connectivity index (χ4n) is 2.96. The number of aryl methyl sites for hydroxylation is 1. The topological polar surface area (TPSA) is 73.6 Å². The Morgan fingerprint density at radius 2 is 2.04 bits per heavy atom. The Morgan fingerprint density at radius 3 is 2.92 bits per heavy atom. The van der Waals surface area contributed by atoms with Crippen LogP contribution in [0.4, 0.5) is 5.69 Å². The van der Waals surface area contributed by atoms with Crippen LogP contribution in [0.3, 0.4) is 0 Å². The zero-order valence-corrected chi connectivity index (χ0v) is 13.4. The van der Waals surface area contributed by atoms with E-state index in [9.17, 15) is 4.79 Å². The van der Waals surface area contributed by atoms with Crippen LogP contribution in [-0.4, -0.2) is 20.9 Å². The quantitative estimate of drug-likeness (QED) is 0.535. The highest BCUT2D eigenvalue weighted by atomic mass is 16.1. The number of imidazole rings is 1. The average Bonchev–Trinajstić information content (AvgIpc) is 3.18. The molecule has 4 aromatic rings. The molecular formula is C19H18N4O. The third-order valence-corrected chi connectivity index (χ3v) is 4.18. The lowest BCUT2D eigenvalue weighted by Gasteiger charge is -2.04. The zero-order valence-electron chi connectivity index (χ0n) is 13.4. The number of amides is 1. The zero-order chi connectivity index (χ0) is 16.5. The summed E-state index contributed by atoms with van der Waals surface area (Å²) < 4.78 is 0. The summed E-state index contributed by atoms with van der Waals surface area (Å²) in [5, 5.41) is 4.04. The molecule has 4 rings (SSSR count). The molecule has 5 heteroatoms. The second-order valence-electron chi connectivity index (χ2n) is 5.85. The van der Waals surface area contributed by atoms with Crippen LogP contribution in [-0.2, 0) is 17.6 Å². The van der Waals surface area contributed by atoms with Crippen molar-refractivity contribution >= 4 is 33.5 Å². The molecule has 0 aliphatic carbocycles. The van der Waals surface area contributed by atoms with Crippen LogP contribution >= 0.6 is 0 Å². The molecule has 0 aliphatic rings. The Bertz CT molecular complexity index is 1030. The Balaban J connectivity index is 1.53. The number of carbonyl (C=O) groups excluding carboxylic acids is 1. The van der Waals surface area contributed by atoms with Gasteiger partial charge in [0.05, 0.1) is 17.5 Å². The van der Waals surface area contributed by atoms with Crippen LogP contribution in [0.25, 0.3) is 21.9 Å². The van der Waals surface area contributed by atoms with Crippen LogP contribution < -0.4 is 5.32 Å². The van der Waals surface area contributed by atoms with E-state index in [2.05, 4.69) is 27.2 Å². The Morgan fingerprint density at radius 1 is 1.17 bits per heavy atom. The highest BCUT2D eigenvalue weighted by molar-refractivity contribution is 5.97. The van der Waals surface area contributed by atoms with Crippen molar-refractivity contribution in [3.05, 3.63) is 60.0 Å². The van der Waals surface area contributed by atoms with Crippen molar-refractivity contribution in [1.82, 2.24) is 15.0 Å². The number of carbonyl (C=O) groups is 1. The van der Waals surface area contributed by atoms with Crippen molar-refractivity contribution in [2.24, 2.45) is 0 Å². The molecule has 2 heterocycles. The first-order valence-corrected chi connectivity index (χ1v) is 8.06. The van der Waals surface area contributed by atoms with Crippen molar-refractivity contribution in [1.29, 1.82) is 0 Å². The van der Waals surface area contributed by atoms with Gasteiger partial charge in [0.15, 0.2) is 0 Å². The van der Waals surface area contributed by atoms with E-state index in [1.807, 2.05) is 48.7 Å². The molecule has 0 spiro atoms. The van der Waals surface area contributed by atoms with Crippen molar-refractivity contribution in [3.63, 3.8) is 0 Å². The fraction of sp³-hybridized carbons (Fsp3) is 0.158. The lowest BCUT2D eigenvalue weighted by atomic mass is 10.1. The Kier molecular flexibility index (Phi) is 3.54. The van der Waals surface area contributed by atoms with E-state index in [-0.39, 0.29) is 5.91 Å². The highest BCUT2D eigenvalue weighted by Gasteiger charge is 2.10. The maximum Gasteiger partial charge on any atom is 0.228 e. The number of anilines is 1. The van der Waals surface area contributed by atoms with Crippen LogP contribution in [0.1, 0.15) is 18.3 Å². The SMILES string of the molecule is CCc1nc2cc(NC(=O)Cc3c[nH]c4ccccc34)ccc2[nH]1. The fourth-order valence-corrected chi connectivity index (χ4v) is 2.96. The average molecular weight is 318 g/mol. The summed E-state index contributed by atoms with van der Waals surface area (Å²) in [6.45, 7) is 2.06. The molecule has 24 heavy (non-hydrogen) atoms. The number of para-hydroxylation sites is 1. The van der Waals surface area contributed by atoms with Crippen molar-refractivity contribution in [3.8, 4) is 0 Å². The number of aromatic nitrogens is 3. The summed E-state index contributed by atoms with van der Waals surface area (Å²) in [6.07, 6.45) is 3.09. The van der Waals surface area contributed by atoms with E-state index in [1.165, 1.54) is 0 Å². The van der Waals surface area contributed by atoms with Gasteiger partial charge in [0, 0.05) is 29.2 Å². The third kappa shape index (κ3) is 2.65. The maximum absolute atomic E-state index is 12.4. The lowest BCUT2D eigenvalue weighted by molar-refractivity contribution is -0.115. The molecular weight excluding hydrogens is 300 g/mol. The molecule has 0 aliphatic heterocycles. The number of benzene rings is 2. The minimum Gasteiger partial charge on any atom is -0.361 e. The number of aromatic amines is 2. The summed E-state index contributed by atoms with van der Waals surface area (Å²) in [6, 6.07) is 13.7. The van der Waals surface area contributed by atoms with Crippen LogP contribution in [0, 0.1) is 0 Å². The van der Waals surface area contributed by atoms with E-state index in [1.54, 1.807) is 0 Å². The van der Waals surface area contributed by atoms with E-state index in [0.717, 1.165) is 45.4 Å². The first-order chi connectivity index (χ1) is 11.7. The molecule has 0 fully saturated rings. The largest absolute Gasteiger partial charge is 0.361 e. The van der Waals surface area contributed by atoms with Gasteiger partial charge >= 0.3 is 0 Å². The number of nitrogens with one attached hydrogen (secondary N) is 3. The molecule has 0 bridgehead atoms. The van der Waals surface area contributed by atoms with Gasteiger partial charge in [-0.05, 0) is 29.8 Å². The molecule has 0 saturated heterocycles. The Labute approximate surface area is 139 Å². The summed E-state index contributed by atoms with van der Waals surface area (Å²) in [7, 11) is 0. The third-order valence-electron chi connectivity index (χ3n) is 4.18. The van der Waals surface area contributed by atoms with Crippen LogP contribution in [0.5, 0.6) is 0 Å². The van der Waals surface area contributed by atoms with Gasteiger partial charge in [0.25, 0.3) is 0 Å². The number of fused-ring (bicyclic) bond motifs is 2. The minimum absolute atomic E-state index is 0.0367. The van der Waals surface area contributed by atoms with E-state index >= 15 is 0 Å². The second-order valence-corrected chi connectivity index (χ2v) is 5.85. The minimum atomic E-state index is -0.0367. The summed E-state index contributed by atoms with van der Waals surface area (Å²) in [5.74, 6) is 0.914. The van der Waals surface area contributed by atoms with Crippen molar-refractivity contribution < 1.29 is 4.79 Å². The predicted molar refractivity (Wildman–Crippen MR) is 96.1 cm³/mol. The Hall–Kier alpha value is -3.08. The summed E-state index contributed by atoms with van der Waals surface area (Å²) in [5.41, 5.74) is 4.67. The summed E-state index contributed by atoms with van der Waals surface area (Å²) in [4.78, 5) is 23.3. The van der Waals surface area contributed by atoms with Gasteiger partial charge in [-0.2, -0.15) is 0 Å². The molecule has 0 saturated carbocycles. The maximum atomic E-state index is 12.4. The molecule has 2 aromatic carbocycles. The molecule has 1 amide bonds. The standard InChI is InChI=1S/C19H18N4O/c1-2-18-22-16-8-7-13(10-17(16)23-18)21-19(24)9-12-11-20-15-6-4-3-5-14(12)15/h3-8,10-11,20H,2,9H2,1H3,(H,21,24)(H,22,23). The molecule has 0 radical (unpaired) electrons. The molecule has 5 nitrogen and oxygen atoms in total. The molecule has 0 unspecified atom stereocenters. The van der Waals surface area contributed by atoms with E-state index in [0.29, 0.717) is 6.42 Å². The molecule has 3 N–H and O–H groups in total. The van der Waals surface area contributed by atoms with Crippen LogP contribution in [0.15, 0.2) is 48.7 Å². The summed E-state index contributed by atoms with van der Waals surface area (Å²) >= 11 is 0. The van der Waals surface area contributed by atoms with Gasteiger partial charge in [0.2, 0.25) is 5.91 Å². The van der Waals surface area contributed by atoms with Gasteiger partial charge in [-0.15, -0.1) is 0 Å². The monoisotopic (exact) mass is 318 g/mol. The number of nitrogens with zero attached hydrogens (tertiary/aromatic N) is 1. The highest BCUT2D eigenvalue weighted by Crippen LogP contribution is 2.20. The first kappa shape index (κ1) is 14.5. The number of hydrogen-bond acceptors (Lipinski definition) is 2. The van der Waals surface area contributed by atoms with Crippen molar-refractivity contribution in [2.75, 3.05) is 5.32 Å². The molecule has 2 aromatic heterocycles. The first-order valence-electron chi connectivity index (χ1n) is 8.06. The second kappa shape index (κ2) is 5.85. The smallest absolute Gasteiger partial charge is 0.228 e. The van der Waals surface area contributed by atoms with Gasteiger partial charge in [-0.3, -0.25) is 4.79 Å². The molecule has 0 atom stereocenters. The van der Waals surface area contributed by atoms with Gasteiger partial charge < -0.3 is 15.3 Å².